The average molecular weight is 251 g/mol. The maximum atomic E-state index is 4.27. The fourth-order valence-electron chi connectivity index (χ4n) is 2.46. The van der Waals surface area contributed by atoms with Crippen molar-refractivity contribution < 1.29 is 0 Å². The largest absolute Gasteiger partial charge is 0.309 e. The van der Waals surface area contributed by atoms with Gasteiger partial charge in [0.15, 0.2) is 0 Å². The summed E-state index contributed by atoms with van der Waals surface area (Å²) in [5.41, 5.74) is 1.31. The molecular weight excluding hydrogens is 222 g/mol. The van der Waals surface area contributed by atoms with Crippen molar-refractivity contribution in [3.8, 4) is 0 Å². The van der Waals surface area contributed by atoms with Gasteiger partial charge in [-0.25, -0.2) is 0 Å². The van der Waals surface area contributed by atoms with E-state index in [4.69, 9.17) is 0 Å². The van der Waals surface area contributed by atoms with Gasteiger partial charge in [0, 0.05) is 19.3 Å². The molecule has 1 unspecified atom stereocenters. The molecule has 1 N–H and O–H groups in total. The molecule has 18 heavy (non-hydrogen) atoms. The minimum atomic E-state index is 0.466. The normalized spacial score (nSPS) is 12.8. The summed E-state index contributed by atoms with van der Waals surface area (Å²) in [6, 6.07) is 2.60. The summed E-state index contributed by atoms with van der Waals surface area (Å²) < 4.78 is 1.99. The van der Waals surface area contributed by atoms with Gasteiger partial charge in [-0.05, 0) is 19.0 Å². The Balaban J connectivity index is 2.29. The van der Waals surface area contributed by atoms with Gasteiger partial charge in [0.05, 0.1) is 5.69 Å². The minimum absolute atomic E-state index is 0.466. The molecule has 0 saturated carbocycles. The molecule has 3 nitrogen and oxygen atoms in total. The number of hydrogen-bond acceptors (Lipinski definition) is 2. The Morgan fingerprint density at radius 2 is 1.89 bits per heavy atom. The van der Waals surface area contributed by atoms with Gasteiger partial charge >= 0.3 is 0 Å². The van der Waals surface area contributed by atoms with Crippen molar-refractivity contribution >= 4 is 0 Å². The van der Waals surface area contributed by atoms with Crippen LogP contribution in [0.3, 0.4) is 0 Å². The third kappa shape index (κ3) is 5.21. The molecule has 0 bridgehead atoms. The van der Waals surface area contributed by atoms with Gasteiger partial charge in [-0.1, -0.05) is 52.4 Å². The molecule has 0 saturated heterocycles. The second-order valence-corrected chi connectivity index (χ2v) is 5.05. The SMILES string of the molecule is CCCCCCCCC(NCC)c1ccnn1C. The van der Waals surface area contributed by atoms with Crippen LogP contribution in [0.15, 0.2) is 12.3 Å². The van der Waals surface area contributed by atoms with Gasteiger partial charge in [-0.3, -0.25) is 4.68 Å². The zero-order valence-corrected chi connectivity index (χ0v) is 12.3. The van der Waals surface area contributed by atoms with Crippen molar-refractivity contribution in [2.45, 2.75) is 64.8 Å². The zero-order valence-electron chi connectivity index (χ0n) is 12.3. The lowest BCUT2D eigenvalue weighted by atomic mass is 10.0. The number of hydrogen-bond donors (Lipinski definition) is 1. The van der Waals surface area contributed by atoms with Crippen molar-refractivity contribution in [2.24, 2.45) is 7.05 Å². The lowest BCUT2D eigenvalue weighted by Gasteiger charge is -2.18. The van der Waals surface area contributed by atoms with Gasteiger partial charge in [-0.2, -0.15) is 5.10 Å². The molecule has 0 aliphatic heterocycles. The third-order valence-corrected chi connectivity index (χ3v) is 3.51. The summed E-state index contributed by atoms with van der Waals surface area (Å²) in [6.07, 6.45) is 11.3. The van der Waals surface area contributed by atoms with Crippen LogP contribution < -0.4 is 5.32 Å². The van der Waals surface area contributed by atoms with Gasteiger partial charge in [0.1, 0.15) is 0 Å². The second kappa shape index (κ2) is 9.15. The van der Waals surface area contributed by atoms with Crippen LogP contribution in [0.4, 0.5) is 0 Å². The Hall–Kier alpha value is -0.830. The van der Waals surface area contributed by atoms with Crippen LogP contribution >= 0.6 is 0 Å². The number of rotatable bonds is 10. The van der Waals surface area contributed by atoms with E-state index in [1.807, 2.05) is 17.9 Å². The first-order valence-corrected chi connectivity index (χ1v) is 7.50. The molecule has 1 rings (SSSR count). The van der Waals surface area contributed by atoms with E-state index in [1.165, 1.54) is 50.6 Å². The fraction of sp³-hybridized carbons (Fsp3) is 0.800. The molecule has 0 aromatic carbocycles. The molecule has 104 valence electrons. The van der Waals surface area contributed by atoms with Crippen molar-refractivity contribution in [3.05, 3.63) is 18.0 Å². The van der Waals surface area contributed by atoms with Crippen molar-refractivity contribution in [2.75, 3.05) is 6.54 Å². The molecule has 0 amide bonds. The van der Waals surface area contributed by atoms with E-state index in [9.17, 15) is 0 Å². The Kier molecular flexibility index (Phi) is 7.74. The summed E-state index contributed by atoms with van der Waals surface area (Å²) in [6.45, 7) is 5.46. The summed E-state index contributed by atoms with van der Waals surface area (Å²) in [7, 11) is 2.03. The topological polar surface area (TPSA) is 29.9 Å². The van der Waals surface area contributed by atoms with Crippen LogP contribution in [0.2, 0.25) is 0 Å². The smallest absolute Gasteiger partial charge is 0.0550 e. The van der Waals surface area contributed by atoms with E-state index in [0.717, 1.165) is 6.54 Å². The molecule has 0 spiro atoms. The first kappa shape index (κ1) is 15.2. The lowest BCUT2D eigenvalue weighted by Crippen LogP contribution is -2.23. The van der Waals surface area contributed by atoms with Crippen LogP contribution in [-0.2, 0) is 7.05 Å². The van der Waals surface area contributed by atoms with Crippen LogP contribution in [0.25, 0.3) is 0 Å². The standard InChI is InChI=1S/C15H29N3/c1-4-6-7-8-9-10-11-14(16-5-2)15-12-13-17-18(15)3/h12-14,16H,4-11H2,1-3H3. The molecular formula is C15H29N3. The molecule has 0 aliphatic carbocycles. The van der Waals surface area contributed by atoms with E-state index in [0.29, 0.717) is 6.04 Å². The average Bonchev–Trinajstić information content (AvgIpc) is 2.78. The van der Waals surface area contributed by atoms with Crippen LogP contribution in [0, 0.1) is 0 Å². The highest BCUT2D eigenvalue weighted by atomic mass is 15.3. The number of unbranched alkanes of at least 4 members (excludes halogenated alkanes) is 5. The number of aryl methyl sites for hydroxylation is 1. The predicted molar refractivity (Wildman–Crippen MR) is 77.6 cm³/mol. The predicted octanol–water partition coefficient (Wildman–Crippen LogP) is 3.82. The molecule has 3 heteroatoms. The molecule has 1 atom stereocenters. The molecule has 1 aromatic heterocycles. The number of aromatic nitrogens is 2. The van der Waals surface area contributed by atoms with E-state index in [2.05, 4.69) is 30.3 Å². The van der Waals surface area contributed by atoms with Crippen LogP contribution in [0.1, 0.15) is 70.5 Å². The van der Waals surface area contributed by atoms with Crippen molar-refractivity contribution in [1.29, 1.82) is 0 Å². The summed E-state index contributed by atoms with van der Waals surface area (Å²) in [5, 5.41) is 7.83. The molecule has 1 aromatic rings. The van der Waals surface area contributed by atoms with Crippen molar-refractivity contribution in [3.63, 3.8) is 0 Å². The lowest BCUT2D eigenvalue weighted by molar-refractivity contribution is 0.452. The number of nitrogens with zero attached hydrogens (tertiary/aromatic N) is 2. The Morgan fingerprint density at radius 3 is 2.50 bits per heavy atom. The highest BCUT2D eigenvalue weighted by Crippen LogP contribution is 2.19. The Labute approximate surface area is 112 Å². The molecule has 0 aliphatic rings. The third-order valence-electron chi connectivity index (χ3n) is 3.51. The first-order chi connectivity index (χ1) is 8.79. The van der Waals surface area contributed by atoms with E-state index < -0.39 is 0 Å². The van der Waals surface area contributed by atoms with Crippen LogP contribution in [-0.4, -0.2) is 16.3 Å². The van der Waals surface area contributed by atoms with Crippen molar-refractivity contribution in [1.82, 2.24) is 15.1 Å². The molecule has 1 heterocycles. The second-order valence-electron chi connectivity index (χ2n) is 5.05. The van der Waals surface area contributed by atoms with E-state index >= 15 is 0 Å². The van der Waals surface area contributed by atoms with Gasteiger partial charge in [0.25, 0.3) is 0 Å². The minimum Gasteiger partial charge on any atom is -0.309 e. The summed E-state index contributed by atoms with van der Waals surface area (Å²) >= 11 is 0. The Bertz CT molecular complexity index is 306. The maximum absolute atomic E-state index is 4.27. The zero-order chi connectivity index (χ0) is 13.2. The van der Waals surface area contributed by atoms with Crippen LogP contribution in [0.5, 0.6) is 0 Å². The van der Waals surface area contributed by atoms with E-state index in [-0.39, 0.29) is 0 Å². The molecule has 0 radical (unpaired) electrons. The maximum Gasteiger partial charge on any atom is 0.0550 e. The van der Waals surface area contributed by atoms with Gasteiger partial charge in [-0.15, -0.1) is 0 Å². The van der Waals surface area contributed by atoms with Gasteiger partial charge in [0.2, 0.25) is 0 Å². The van der Waals surface area contributed by atoms with Gasteiger partial charge < -0.3 is 5.32 Å². The highest BCUT2D eigenvalue weighted by Gasteiger charge is 2.12. The number of nitrogens with one attached hydrogen (secondary N) is 1. The quantitative estimate of drug-likeness (QED) is 0.641. The highest BCUT2D eigenvalue weighted by molar-refractivity contribution is 5.06. The summed E-state index contributed by atoms with van der Waals surface area (Å²) in [5.74, 6) is 0. The monoisotopic (exact) mass is 251 g/mol. The first-order valence-electron chi connectivity index (χ1n) is 7.50. The Morgan fingerprint density at radius 1 is 1.17 bits per heavy atom. The fourth-order valence-corrected chi connectivity index (χ4v) is 2.46. The summed E-state index contributed by atoms with van der Waals surface area (Å²) in [4.78, 5) is 0. The van der Waals surface area contributed by atoms with E-state index in [1.54, 1.807) is 0 Å². The molecule has 0 fully saturated rings.